The average Bonchev–Trinajstić information content (AvgIpc) is 2.67. The van der Waals surface area contributed by atoms with E-state index in [2.05, 4.69) is 21.2 Å². The van der Waals surface area contributed by atoms with Crippen molar-refractivity contribution >= 4 is 45.5 Å². The topological polar surface area (TPSA) is 75.7 Å². The number of barbiturate groups is 1. The second-order valence-electron chi connectivity index (χ2n) is 6.31. The zero-order valence-electron chi connectivity index (χ0n) is 15.4. The highest BCUT2D eigenvalue weighted by Crippen LogP contribution is 2.27. The Morgan fingerprint density at radius 2 is 1.79 bits per heavy atom. The molecule has 4 amide bonds. The van der Waals surface area contributed by atoms with Crippen LogP contribution in [0.1, 0.15) is 25.8 Å². The number of halogens is 1. The number of para-hydroxylation sites is 1. The predicted molar refractivity (Wildman–Crippen MR) is 110 cm³/mol. The number of imide groups is 2. The second-order valence-corrected chi connectivity index (χ2v) is 7.22. The Labute approximate surface area is 171 Å². The van der Waals surface area contributed by atoms with E-state index in [1.807, 2.05) is 19.9 Å². The first-order chi connectivity index (χ1) is 13.4. The lowest BCUT2D eigenvalue weighted by atomic mass is 10.1. The fourth-order valence-corrected chi connectivity index (χ4v) is 2.91. The van der Waals surface area contributed by atoms with E-state index in [-0.39, 0.29) is 11.7 Å². The highest BCUT2D eigenvalue weighted by Gasteiger charge is 2.36. The summed E-state index contributed by atoms with van der Waals surface area (Å²) < 4.78 is 6.69. The average molecular weight is 443 g/mol. The summed E-state index contributed by atoms with van der Waals surface area (Å²) in [7, 11) is 0. The van der Waals surface area contributed by atoms with E-state index in [9.17, 15) is 14.4 Å². The molecule has 2 aromatic carbocycles. The summed E-state index contributed by atoms with van der Waals surface area (Å²) in [4.78, 5) is 38.5. The molecule has 0 unspecified atom stereocenters. The zero-order chi connectivity index (χ0) is 20.3. The summed E-state index contributed by atoms with van der Waals surface area (Å²) in [6.45, 7) is 3.95. The van der Waals surface area contributed by atoms with Gasteiger partial charge in [0, 0.05) is 10.0 Å². The van der Waals surface area contributed by atoms with Crippen molar-refractivity contribution in [1.29, 1.82) is 0 Å². The molecule has 7 heteroatoms. The largest absolute Gasteiger partial charge is 0.490 e. The van der Waals surface area contributed by atoms with E-state index in [0.29, 0.717) is 17.0 Å². The van der Waals surface area contributed by atoms with Gasteiger partial charge in [-0.2, -0.15) is 0 Å². The Hall–Kier alpha value is -2.93. The van der Waals surface area contributed by atoms with Gasteiger partial charge in [0.1, 0.15) is 11.3 Å². The molecule has 1 N–H and O–H groups in total. The van der Waals surface area contributed by atoms with Crippen LogP contribution in [0.3, 0.4) is 0 Å². The van der Waals surface area contributed by atoms with E-state index < -0.39 is 17.8 Å². The number of ether oxygens (including phenoxy) is 1. The van der Waals surface area contributed by atoms with Gasteiger partial charge in [0.2, 0.25) is 0 Å². The number of nitrogens with zero attached hydrogens (tertiary/aromatic N) is 1. The molecule has 144 valence electrons. The van der Waals surface area contributed by atoms with E-state index in [1.165, 1.54) is 6.08 Å². The second kappa shape index (κ2) is 8.39. The minimum Gasteiger partial charge on any atom is -0.490 e. The molecular weight excluding hydrogens is 424 g/mol. The van der Waals surface area contributed by atoms with Gasteiger partial charge in [-0.1, -0.05) is 41.1 Å². The molecule has 1 fully saturated rings. The molecule has 0 radical (unpaired) electrons. The summed E-state index contributed by atoms with van der Waals surface area (Å²) in [5, 5.41) is 2.22. The first-order valence-electron chi connectivity index (χ1n) is 8.83. The molecule has 1 heterocycles. The number of anilines is 1. The Balaban J connectivity index is 1.99. The van der Waals surface area contributed by atoms with Crippen molar-refractivity contribution in [3.05, 3.63) is 64.1 Å². The van der Waals surface area contributed by atoms with Crippen LogP contribution in [0.5, 0.6) is 5.75 Å². The van der Waals surface area contributed by atoms with Gasteiger partial charge < -0.3 is 4.74 Å². The molecule has 0 aliphatic carbocycles. The van der Waals surface area contributed by atoms with Crippen LogP contribution in [0.2, 0.25) is 0 Å². The lowest BCUT2D eigenvalue weighted by Gasteiger charge is -2.26. The molecule has 3 rings (SSSR count). The maximum atomic E-state index is 12.9. The highest BCUT2D eigenvalue weighted by atomic mass is 79.9. The van der Waals surface area contributed by atoms with Gasteiger partial charge in [0.15, 0.2) is 0 Å². The van der Waals surface area contributed by atoms with Gasteiger partial charge in [0.25, 0.3) is 11.8 Å². The van der Waals surface area contributed by atoms with Gasteiger partial charge in [-0.25, -0.2) is 9.69 Å². The molecule has 0 aromatic heterocycles. The van der Waals surface area contributed by atoms with Gasteiger partial charge in [-0.05, 0) is 49.8 Å². The molecule has 0 bridgehead atoms. The van der Waals surface area contributed by atoms with E-state index in [0.717, 1.165) is 15.8 Å². The molecule has 6 nitrogen and oxygen atoms in total. The molecule has 1 saturated heterocycles. The Kier molecular flexibility index (Phi) is 5.94. The van der Waals surface area contributed by atoms with Gasteiger partial charge >= 0.3 is 6.03 Å². The van der Waals surface area contributed by atoms with Crippen molar-refractivity contribution in [3.63, 3.8) is 0 Å². The summed E-state index contributed by atoms with van der Waals surface area (Å²) in [5.74, 6) is -0.854. The van der Waals surface area contributed by atoms with Crippen LogP contribution in [0.15, 0.2) is 58.6 Å². The Morgan fingerprint density at radius 3 is 2.46 bits per heavy atom. The summed E-state index contributed by atoms with van der Waals surface area (Å²) in [6.07, 6.45) is 2.25. The Bertz CT molecular complexity index is 953. The SMILES string of the molecule is CC[C@@H](C)Oc1ccccc1/C=C1\C(=O)NC(=O)N(c2ccc(Br)cc2)C1=O. The maximum Gasteiger partial charge on any atom is 0.335 e. The molecule has 1 aliphatic heterocycles. The number of urea groups is 1. The first kappa shape index (κ1) is 19.8. The number of hydrogen-bond acceptors (Lipinski definition) is 4. The van der Waals surface area contributed by atoms with Crippen LogP contribution in [-0.2, 0) is 9.59 Å². The number of carbonyl (C=O) groups excluding carboxylic acids is 3. The zero-order valence-corrected chi connectivity index (χ0v) is 17.0. The number of benzene rings is 2. The Morgan fingerprint density at radius 1 is 1.11 bits per heavy atom. The van der Waals surface area contributed by atoms with E-state index in [1.54, 1.807) is 42.5 Å². The fourth-order valence-electron chi connectivity index (χ4n) is 2.64. The van der Waals surface area contributed by atoms with Crippen molar-refractivity contribution in [1.82, 2.24) is 5.32 Å². The minimum atomic E-state index is -0.779. The quantitative estimate of drug-likeness (QED) is 0.553. The lowest BCUT2D eigenvalue weighted by Crippen LogP contribution is -2.54. The number of rotatable bonds is 5. The summed E-state index contributed by atoms with van der Waals surface area (Å²) in [5.41, 5.74) is 0.822. The van der Waals surface area contributed by atoms with Crippen molar-refractivity contribution in [2.75, 3.05) is 4.90 Å². The number of amides is 4. The minimum absolute atomic E-state index is 0.0173. The molecule has 28 heavy (non-hydrogen) atoms. The highest BCUT2D eigenvalue weighted by molar-refractivity contribution is 9.10. The number of nitrogens with one attached hydrogen (secondary N) is 1. The summed E-state index contributed by atoms with van der Waals surface area (Å²) >= 11 is 3.32. The van der Waals surface area contributed by atoms with Crippen molar-refractivity contribution in [2.24, 2.45) is 0 Å². The normalized spacial score (nSPS) is 16.9. The molecule has 0 spiro atoms. The van der Waals surface area contributed by atoms with Crippen molar-refractivity contribution in [2.45, 2.75) is 26.4 Å². The molecule has 2 aromatic rings. The predicted octanol–water partition coefficient (Wildman–Crippen LogP) is 4.29. The third-order valence-electron chi connectivity index (χ3n) is 4.31. The molecule has 0 saturated carbocycles. The van der Waals surface area contributed by atoms with E-state index >= 15 is 0 Å². The van der Waals surface area contributed by atoms with Crippen LogP contribution in [0, 0.1) is 0 Å². The van der Waals surface area contributed by atoms with Crippen molar-refractivity contribution < 1.29 is 19.1 Å². The van der Waals surface area contributed by atoms with Crippen LogP contribution in [-0.4, -0.2) is 23.9 Å². The fraction of sp³-hybridized carbons (Fsp3) is 0.190. The summed E-state index contributed by atoms with van der Waals surface area (Å²) in [6, 6.07) is 13.0. The van der Waals surface area contributed by atoms with Crippen LogP contribution < -0.4 is 15.0 Å². The van der Waals surface area contributed by atoms with Gasteiger partial charge in [-0.15, -0.1) is 0 Å². The molecule has 1 aliphatic rings. The lowest BCUT2D eigenvalue weighted by molar-refractivity contribution is -0.122. The monoisotopic (exact) mass is 442 g/mol. The van der Waals surface area contributed by atoms with Gasteiger partial charge in [0.05, 0.1) is 11.8 Å². The smallest absolute Gasteiger partial charge is 0.335 e. The van der Waals surface area contributed by atoms with Crippen LogP contribution in [0.25, 0.3) is 6.08 Å². The number of carbonyl (C=O) groups is 3. The van der Waals surface area contributed by atoms with Gasteiger partial charge in [-0.3, -0.25) is 14.9 Å². The molecular formula is C21H19BrN2O4. The maximum absolute atomic E-state index is 12.9. The first-order valence-corrected chi connectivity index (χ1v) is 9.62. The number of hydrogen-bond donors (Lipinski definition) is 1. The van der Waals surface area contributed by atoms with Crippen molar-refractivity contribution in [3.8, 4) is 5.75 Å². The standard InChI is InChI=1S/C21H19BrN2O4/c1-3-13(2)28-18-7-5-4-6-14(18)12-17-19(25)23-21(27)24(20(17)26)16-10-8-15(22)9-11-16/h4-13H,3H2,1-2H3,(H,23,25,27)/b17-12+/t13-/m1/s1. The van der Waals surface area contributed by atoms with Crippen LogP contribution >= 0.6 is 15.9 Å². The van der Waals surface area contributed by atoms with E-state index in [4.69, 9.17) is 4.74 Å². The third kappa shape index (κ3) is 4.14. The third-order valence-corrected chi connectivity index (χ3v) is 4.84. The van der Waals surface area contributed by atoms with Crippen LogP contribution in [0.4, 0.5) is 10.5 Å². The molecule has 1 atom stereocenters.